The third kappa shape index (κ3) is 31.8. The smallest absolute Gasteiger partial charge is 0.0349 e. The van der Waals surface area contributed by atoms with Crippen molar-refractivity contribution >= 4 is 0 Å². The second-order valence-corrected chi connectivity index (χ2v) is 3.67. The predicted molar refractivity (Wildman–Crippen MR) is 75.4 cm³/mol. The predicted octanol–water partition coefficient (Wildman–Crippen LogP) is 6.14. The van der Waals surface area contributed by atoms with Gasteiger partial charge in [-0.1, -0.05) is 58.3 Å². The van der Waals surface area contributed by atoms with Crippen molar-refractivity contribution < 1.29 is 0 Å². The molecular formula is C15H32. The molecule has 0 saturated heterocycles. The average molecular weight is 212 g/mol. The van der Waals surface area contributed by atoms with Crippen molar-refractivity contribution in [2.75, 3.05) is 0 Å². The van der Waals surface area contributed by atoms with Crippen molar-refractivity contribution in [2.24, 2.45) is 0 Å². The molecule has 0 aromatic carbocycles. The first-order valence-corrected chi connectivity index (χ1v) is 6.32. The van der Waals surface area contributed by atoms with Crippen molar-refractivity contribution in [3.8, 4) is 0 Å². The largest absolute Gasteiger partial charge is 0.100 e. The van der Waals surface area contributed by atoms with Crippen molar-refractivity contribution in [1.29, 1.82) is 0 Å². The normalized spacial score (nSPS) is 7.67. The zero-order valence-electron chi connectivity index (χ0n) is 12.1. The summed E-state index contributed by atoms with van der Waals surface area (Å²) in [6, 6.07) is 0. The number of hydrogen-bond donors (Lipinski definition) is 0. The zero-order chi connectivity index (χ0) is 12.7. The lowest BCUT2D eigenvalue weighted by Crippen LogP contribution is -1.72. The van der Waals surface area contributed by atoms with E-state index in [1.54, 1.807) is 5.57 Å². The highest BCUT2D eigenvalue weighted by atomic mass is 13.9. The van der Waals surface area contributed by atoms with Gasteiger partial charge in [0, 0.05) is 0 Å². The molecule has 0 heteroatoms. The molecule has 0 aromatic rings. The van der Waals surface area contributed by atoms with E-state index in [1.807, 2.05) is 6.92 Å². The first kappa shape index (κ1) is 20.0. The summed E-state index contributed by atoms with van der Waals surface area (Å²) in [5, 5.41) is 0. The standard InChI is InChI=1S/C7H14.C5H10.C3H8/c1-4-7(5-2)6-3;1-4-5(2)3;1-3-2/h4H,5-6H2,1-3H3;2,4H2,1,3H3;3H2,1-2H3. The first-order valence-electron chi connectivity index (χ1n) is 6.32. The van der Waals surface area contributed by atoms with Gasteiger partial charge in [-0.05, 0) is 33.1 Å². The molecule has 15 heavy (non-hydrogen) atoms. The Morgan fingerprint density at radius 1 is 0.933 bits per heavy atom. The van der Waals surface area contributed by atoms with Gasteiger partial charge in [-0.25, -0.2) is 0 Å². The van der Waals surface area contributed by atoms with E-state index >= 15 is 0 Å². The SMILES string of the molecule is C=C(C)CC.CC=C(CC)CC.CCC. The van der Waals surface area contributed by atoms with E-state index in [-0.39, 0.29) is 0 Å². The van der Waals surface area contributed by atoms with Crippen LogP contribution in [0.15, 0.2) is 23.8 Å². The van der Waals surface area contributed by atoms with E-state index in [4.69, 9.17) is 0 Å². The quantitative estimate of drug-likeness (QED) is 0.493. The maximum absolute atomic E-state index is 3.67. The van der Waals surface area contributed by atoms with Crippen LogP contribution in [-0.2, 0) is 0 Å². The average Bonchev–Trinajstić information content (AvgIpc) is 2.22. The maximum Gasteiger partial charge on any atom is -0.0349 e. The lowest BCUT2D eigenvalue weighted by molar-refractivity contribution is 0.972. The van der Waals surface area contributed by atoms with Gasteiger partial charge < -0.3 is 0 Å². The van der Waals surface area contributed by atoms with E-state index in [1.165, 1.54) is 24.8 Å². The molecular weight excluding hydrogens is 180 g/mol. The Hall–Kier alpha value is -0.520. The molecule has 0 aliphatic heterocycles. The molecule has 0 atom stereocenters. The summed E-state index contributed by atoms with van der Waals surface area (Å²) in [5.74, 6) is 0. The molecule has 0 aromatic heterocycles. The molecule has 0 amide bonds. The minimum Gasteiger partial charge on any atom is -0.100 e. The Labute approximate surface area is 98.5 Å². The summed E-state index contributed by atoms with van der Waals surface area (Å²) < 4.78 is 0. The van der Waals surface area contributed by atoms with Crippen LogP contribution in [0.4, 0.5) is 0 Å². The van der Waals surface area contributed by atoms with Crippen LogP contribution in [0.3, 0.4) is 0 Å². The Bertz CT molecular complexity index is 134. The van der Waals surface area contributed by atoms with Crippen LogP contribution in [0.5, 0.6) is 0 Å². The second kappa shape index (κ2) is 19.1. The lowest BCUT2D eigenvalue weighted by Gasteiger charge is -1.93. The molecule has 0 fully saturated rings. The number of hydrogen-bond acceptors (Lipinski definition) is 0. The van der Waals surface area contributed by atoms with Gasteiger partial charge in [0.1, 0.15) is 0 Å². The molecule has 0 spiro atoms. The third-order valence-corrected chi connectivity index (χ3v) is 1.92. The highest BCUT2D eigenvalue weighted by molar-refractivity contribution is 4.97. The van der Waals surface area contributed by atoms with Gasteiger partial charge in [-0.2, -0.15) is 0 Å². The molecule has 0 rings (SSSR count). The monoisotopic (exact) mass is 212 g/mol. The van der Waals surface area contributed by atoms with Gasteiger partial charge in [0.05, 0.1) is 0 Å². The molecule has 92 valence electrons. The molecule has 0 N–H and O–H groups in total. The zero-order valence-corrected chi connectivity index (χ0v) is 12.1. The summed E-state index contributed by atoms with van der Waals surface area (Å²) in [4.78, 5) is 0. The molecule has 0 unspecified atom stereocenters. The first-order chi connectivity index (χ1) is 7.03. The second-order valence-electron chi connectivity index (χ2n) is 3.67. The van der Waals surface area contributed by atoms with Gasteiger partial charge >= 0.3 is 0 Å². The molecule has 0 aliphatic rings. The van der Waals surface area contributed by atoms with Crippen LogP contribution in [-0.4, -0.2) is 0 Å². The van der Waals surface area contributed by atoms with Crippen LogP contribution < -0.4 is 0 Å². The summed E-state index contributed by atoms with van der Waals surface area (Å²) >= 11 is 0. The minimum absolute atomic E-state index is 1.11. The fraction of sp³-hybridized carbons (Fsp3) is 0.733. The van der Waals surface area contributed by atoms with Crippen LogP contribution in [0.2, 0.25) is 0 Å². The van der Waals surface area contributed by atoms with Gasteiger partial charge in [0.25, 0.3) is 0 Å². The topological polar surface area (TPSA) is 0 Å². The highest BCUT2D eigenvalue weighted by Gasteiger charge is 1.82. The van der Waals surface area contributed by atoms with Crippen molar-refractivity contribution in [3.05, 3.63) is 23.8 Å². The fourth-order valence-corrected chi connectivity index (χ4v) is 0.658. The van der Waals surface area contributed by atoms with Gasteiger partial charge in [-0.15, -0.1) is 6.58 Å². The molecule has 0 nitrogen and oxygen atoms in total. The van der Waals surface area contributed by atoms with E-state index < -0.39 is 0 Å². The molecule has 0 heterocycles. The van der Waals surface area contributed by atoms with E-state index in [2.05, 4.69) is 54.2 Å². The third-order valence-electron chi connectivity index (χ3n) is 1.92. The van der Waals surface area contributed by atoms with Crippen LogP contribution >= 0.6 is 0 Å². The van der Waals surface area contributed by atoms with Gasteiger partial charge in [0.15, 0.2) is 0 Å². The fourth-order valence-electron chi connectivity index (χ4n) is 0.658. The van der Waals surface area contributed by atoms with Crippen molar-refractivity contribution in [1.82, 2.24) is 0 Å². The number of rotatable bonds is 3. The Morgan fingerprint density at radius 2 is 1.20 bits per heavy atom. The van der Waals surface area contributed by atoms with E-state index in [0.717, 1.165) is 6.42 Å². The molecule has 0 saturated carbocycles. The van der Waals surface area contributed by atoms with Crippen LogP contribution in [0.25, 0.3) is 0 Å². The molecule has 0 aliphatic carbocycles. The highest BCUT2D eigenvalue weighted by Crippen LogP contribution is 2.02. The molecule has 0 radical (unpaired) electrons. The summed E-state index contributed by atoms with van der Waals surface area (Å²) in [5.41, 5.74) is 2.81. The Morgan fingerprint density at radius 3 is 1.20 bits per heavy atom. The van der Waals surface area contributed by atoms with Gasteiger partial charge in [0.2, 0.25) is 0 Å². The maximum atomic E-state index is 3.67. The number of allylic oxidation sites excluding steroid dienone is 3. The summed E-state index contributed by atoms with van der Waals surface area (Å²) in [7, 11) is 0. The van der Waals surface area contributed by atoms with Crippen molar-refractivity contribution in [2.45, 2.75) is 74.1 Å². The molecule has 0 bridgehead atoms. The lowest BCUT2D eigenvalue weighted by atomic mass is 10.1. The van der Waals surface area contributed by atoms with Gasteiger partial charge in [-0.3, -0.25) is 0 Å². The Kier molecular flexibility index (Phi) is 25.4. The van der Waals surface area contributed by atoms with Crippen molar-refractivity contribution in [3.63, 3.8) is 0 Å². The van der Waals surface area contributed by atoms with Crippen LogP contribution in [0.1, 0.15) is 74.1 Å². The van der Waals surface area contributed by atoms with E-state index in [9.17, 15) is 0 Å². The summed E-state index contributed by atoms with van der Waals surface area (Å²) in [6.45, 7) is 18.5. The van der Waals surface area contributed by atoms with E-state index in [0.29, 0.717) is 0 Å². The minimum atomic E-state index is 1.11. The summed E-state index contributed by atoms with van der Waals surface area (Å²) in [6.07, 6.45) is 6.99. The Balaban J connectivity index is -0.000000158. The van der Waals surface area contributed by atoms with Crippen LogP contribution in [0, 0.1) is 0 Å².